The zero-order chi connectivity index (χ0) is 14.1. The molecule has 1 aromatic heterocycles. The molecular weight excluding hydrogens is 256 g/mol. The van der Waals surface area contributed by atoms with E-state index in [0.29, 0.717) is 6.54 Å². The number of hydrogen-bond donors (Lipinski definition) is 1. The molecule has 1 aromatic rings. The molecule has 0 saturated carbocycles. The van der Waals surface area contributed by atoms with Gasteiger partial charge in [-0.05, 0) is 27.7 Å². The Morgan fingerprint density at radius 1 is 1.50 bits per heavy atom. The largest absolute Gasteiger partial charge is 0.455 e. The summed E-state index contributed by atoms with van der Waals surface area (Å²) < 4.78 is 27.7. The summed E-state index contributed by atoms with van der Waals surface area (Å²) in [5.41, 5.74) is 0. The van der Waals surface area contributed by atoms with Gasteiger partial charge < -0.3 is 9.32 Å². The fourth-order valence-corrected chi connectivity index (χ4v) is 2.45. The molecule has 0 aliphatic carbocycles. The number of nitrogens with zero attached hydrogens (tertiary/aromatic N) is 1. The predicted molar refractivity (Wildman–Crippen MR) is 66.7 cm³/mol. The van der Waals surface area contributed by atoms with Crippen LogP contribution in [0.15, 0.2) is 15.4 Å². The maximum atomic E-state index is 12.1. The van der Waals surface area contributed by atoms with Crippen LogP contribution in [0.25, 0.3) is 0 Å². The number of carbonyl (C=O) groups is 1. The molecular formula is C11H18N2O4S. The van der Waals surface area contributed by atoms with Crippen molar-refractivity contribution in [3.05, 3.63) is 17.6 Å². The normalized spacial score (nSPS) is 11.9. The van der Waals surface area contributed by atoms with Crippen molar-refractivity contribution in [2.75, 3.05) is 6.54 Å². The lowest BCUT2D eigenvalue weighted by molar-refractivity contribution is 0.0683. The molecule has 0 unspecified atom stereocenters. The van der Waals surface area contributed by atoms with Gasteiger partial charge in [0.1, 0.15) is 10.7 Å². The first-order valence-corrected chi connectivity index (χ1v) is 7.17. The van der Waals surface area contributed by atoms with Crippen LogP contribution in [0.5, 0.6) is 0 Å². The van der Waals surface area contributed by atoms with Gasteiger partial charge in [-0.3, -0.25) is 4.79 Å². The van der Waals surface area contributed by atoms with Crippen LogP contribution in [0.3, 0.4) is 0 Å². The highest BCUT2D eigenvalue weighted by atomic mass is 32.2. The lowest BCUT2D eigenvalue weighted by atomic mass is 10.3. The zero-order valence-electron chi connectivity index (χ0n) is 10.9. The fraction of sp³-hybridized carbons (Fsp3) is 0.545. The van der Waals surface area contributed by atoms with Crippen molar-refractivity contribution < 1.29 is 17.6 Å². The van der Waals surface area contributed by atoms with E-state index in [1.165, 1.54) is 13.0 Å². The second-order valence-corrected chi connectivity index (χ2v) is 5.79. The summed E-state index contributed by atoms with van der Waals surface area (Å²) in [4.78, 5) is 13.5. The van der Waals surface area contributed by atoms with E-state index in [9.17, 15) is 13.2 Å². The van der Waals surface area contributed by atoms with E-state index >= 15 is 0 Å². The number of primary sulfonamides is 1. The average Bonchev–Trinajstić information content (AvgIpc) is 2.60. The monoisotopic (exact) mass is 274 g/mol. The molecule has 0 aliphatic heterocycles. The number of carbonyl (C=O) groups excluding carboxylic acids is 1. The smallest absolute Gasteiger partial charge is 0.289 e. The topological polar surface area (TPSA) is 93.6 Å². The molecule has 18 heavy (non-hydrogen) atoms. The number of aryl methyl sites for hydroxylation is 1. The maximum Gasteiger partial charge on any atom is 0.289 e. The van der Waals surface area contributed by atoms with Crippen molar-refractivity contribution in [1.29, 1.82) is 0 Å². The highest BCUT2D eigenvalue weighted by Gasteiger charge is 2.25. The van der Waals surface area contributed by atoms with Crippen molar-refractivity contribution in [2.24, 2.45) is 5.14 Å². The number of hydrogen-bond acceptors (Lipinski definition) is 4. The third kappa shape index (κ3) is 2.91. The third-order valence-corrected chi connectivity index (χ3v) is 3.63. The van der Waals surface area contributed by atoms with Crippen LogP contribution < -0.4 is 5.14 Å². The minimum atomic E-state index is -3.86. The summed E-state index contributed by atoms with van der Waals surface area (Å²) in [6.07, 6.45) is 0. The Hall–Kier alpha value is -1.34. The molecule has 2 N–H and O–H groups in total. The van der Waals surface area contributed by atoms with Crippen molar-refractivity contribution in [3.63, 3.8) is 0 Å². The first-order valence-electron chi connectivity index (χ1n) is 5.62. The van der Waals surface area contributed by atoms with Crippen molar-refractivity contribution in [3.8, 4) is 0 Å². The van der Waals surface area contributed by atoms with E-state index in [1.807, 2.05) is 20.8 Å². The fourth-order valence-electron chi connectivity index (χ4n) is 1.74. The van der Waals surface area contributed by atoms with Gasteiger partial charge in [0.25, 0.3) is 5.91 Å². The quantitative estimate of drug-likeness (QED) is 0.889. The Morgan fingerprint density at radius 2 is 2.06 bits per heavy atom. The summed E-state index contributed by atoms with van der Waals surface area (Å²) in [5, 5.41) is 5.03. The van der Waals surface area contributed by atoms with Crippen molar-refractivity contribution in [2.45, 2.75) is 38.6 Å². The molecule has 1 heterocycles. The summed E-state index contributed by atoms with van der Waals surface area (Å²) >= 11 is 0. The zero-order valence-corrected chi connectivity index (χ0v) is 11.7. The summed E-state index contributed by atoms with van der Waals surface area (Å²) in [6, 6.07) is 1.18. The Labute approximate surface area is 107 Å². The molecule has 0 aromatic carbocycles. The molecule has 0 fully saturated rings. The Balaban J connectivity index is 3.17. The lowest BCUT2D eigenvalue weighted by Crippen LogP contribution is -2.36. The standard InChI is InChI=1S/C11H18N2O4S/c1-5-13(7(2)3)11(14)9-6-10(8(4)17-9)18(12,15)16/h6-7H,5H2,1-4H3,(H2,12,15,16). The van der Waals surface area contributed by atoms with E-state index in [2.05, 4.69) is 0 Å². The van der Waals surface area contributed by atoms with E-state index in [4.69, 9.17) is 9.56 Å². The van der Waals surface area contributed by atoms with Gasteiger partial charge in [0.2, 0.25) is 10.0 Å². The summed E-state index contributed by atoms with van der Waals surface area (Å²) in [5.74, 6) is -0.224. The van der Waals surface area contributed by atoms with Crippen LogP contribution in [0.1, 0.15) is 37.1 Å². The van der Waals surface area contributed by atoms with Gasteiger partial charge in [0, 0.05) is 18.7 Å². The minimum Gasteiger partial charge on any atom is -0.455 e. The summed E-state index contributed by atoms with van der Waals surface area (Å²) in [7, 11) is -3.86. The van der Waals surface area contributed by atoms with E-state index in [-0.39, 0.29) is 28.4 Å². The highest BCUT2D eigenvalue weighted by Crippen LogP contribution is 2.20. The maximum absolute atomic E-state index is 12.1. The molecule has 0 saturated heterocycles. The van der Waals surface area contributed by atoms with Gasteiger partial charge in [-0.1, -0.05) is 0 Å². The predicted octanol–water partition coefficient (Wildman–Crippen LogP) is 1.11. The lowest BCUT2D eigenvalue weighted by Gasteiger charge is -2.23. The average molecular weight is 274 g/mol. The molecule has 0 atom stereocenters. The third-order valence-electron chi connectivity index (χ3n) is 2.61. The Kier molecular flexibility index (Phi) is 4.18. The van der Waals surface area contributed by atoms with Crippen LogP contribution in [-0.2, 0) is 10.0 Å². The van der Waals surface area contributed by atoms with E-state index < -0.39 is 10.0 Å². The number of rotatable bonds is 4. The number of amides is 1. The summed E-state index contributed by atoms with van der Waals surface area (Å²) in [6.45, 7) is 7.56. The highest BCUT2D eigenvalue weighted by molar-refractivity contribution is 7.89. The van der Waals surface area contributed by atoms with E-state index in [1.54, 1.807) is 4.90 Å². The molecule has 7 heteroatoms. The SMILES string of the molecule is CCN(C(=O)c1cc(S(N)(=O)=O)c(C)o1)C(C)C. The molecule has 0 aliphatic rings. The van der Waals surface area contributed by atoms with Crippen molar-refractivity contribution in [1.82, 2.24) is 4.90 Å². The molecule has 6 nitrogen and oxygen atoms in total. The molecule has 0 spiro atoms. The van der Waals surface area contributed by atoms with Gasteiger partial charge in [0.05, 0.1) is 0 Å². The van der Waals surface area contributed by atoms with Gasteiger partial charge in [-0.15, -0.1) is 0 Å². The van der Waals surface area contributed by atoms with Gasteiger partial charge >= 0.3 is 0 Å². The number of furan rings is 1. The van der Waals surface area contributed by atoms with Crippen molar-refractivity contribution >= 4 is 15.9 Å². The second-order valence-electron chi connectivity index (χ2n) is 4.26. The first kappa shape index (κ1) is 14.7. The van der Waals surface area contributed by atoms with E-state index in [0.717, 1.165) is 0 Å². The van der Waals surface area contributed by atoms with Crippen LogP contribution in [0.4, 0.5) is 0 Å². The molecule has 1 amide bonds. The van der Waals surface area contributed by atoms with Gasteiger partial charge in [-0.25, -0.2) is 13.6 Å². The molecule has 102 valence electrons. The van der Waals surface area contributed by atoms with Crippen LogP contribution >= 0.6 is 0 Å². The number of nitrogens with two attached hydrogens (primary N) is 1. The molecule has 1 rings (SSSR count). The first-order chi connectivity index (χ1) is 8.18. The van der Waals surface area contributed by atoms with Crippen LogP contribution in [0, 0.1) is 6.92 Å². The Bertz CT molecular complexity index is 545. The van der Waals surface area contributed by atoms with Crippen LogP contribution in [-0.4, -0.2) is 31.8 Å². The minimum absolute atomic E-state index is 0.00541. The van der Waals surface area contributed by atoms with Crippen LogP contribution in [0.2, 0.25) is 0 Å². The molecule has 0 bridgehead atoms. The van der Waals surface area contributed by atoms with Gasteiger partial charge in [0.15, 0.2) is 5.76 Å². The molecule has 0 radical (unpaired) electrons. The Morgan fingerprint density at radius 3 is 2.39 bits per heavy atom. The number of sulfonamides is 1. The second kappa shape index (κ2) is 5.11. The van der Waals surface area contributed by atoms with Gasteiger partial charge in [-0.2, -0.15) is 0 Å².